The molecule has 208 valence electrons. The van der Waals surface area contributed by atoms with Crippen LogP contribution in [-0.2, 0) is 11.3 Å². The normalized spacial score (nSPS) is 14.4. The number of piperidine rings is 1. The van der Waals surface area contributed by atoms with Gasteiger partial charge in [-0.25, -0.2) is 15.0 Å². The average Bonchev–Trinajstić information content (AvgIpc) is 3.39. The van der Waals surface area contributed by atoms with Crippen LogP contribution in [0.1, 0.15) is 24.0 Å². The maximum Gasteiger partial charge on any atom is 0.255 e. The Balaban J connectivity index is 1.14. The number of benzene rings is 2. The standard InChI is InChI=1S/C31H31N7O3/c1-40-14-13-36-10-7-22(8-11-36)21-41-26-18-33-30(34-19-26)25-4-2-3-24(15-25)20-38-29(39)9-12-37-28-16-23(17-32)5-6-27(28)35-31(37)38/h2-6,9,12,15-16,18-19,22H,7-8,10-11,13-14,20-21H2,1H3. The average molecular weight is 550 g/mol. The topological polar surface area (TPSA) is 111 Å². The molecular formula is C31H31N7O3. The van der Waals surface area contributed by atoms with E-state index in [9.17, 15) is 10.1 Å². The van der Waals surface area contributed by atoms with Gasteiger partial charge in [0.2, 0.25) is 5.78 Å². The van der Waals surface area contributed by atoms with Crippen molar-refractivity contribution in [2.75, 3.05) is 40.0 Å². The van der Waals surface area contributed by atoms with Crippen LogP contribution in [0.15, 0.2) is 71.9 Å². The lowest BCUT2D eigenvalue weighted by molar-refractivity contribution is 0.105. The number of ether oxygens (including phenoxy) is 2. The predicted octanol–water partition coefficient (Wildman–Crippen LogP) is 3.76. The number of nitrogens with zero attached hydrogens (tertiary/aromatic N) is 7. The fraction of sp³-hybridized carbons (Fsp3) is 0.323. The van der Waals surface area contributed by atoms with Crippen molar-refractivity contribution in [2.24, 2.45) is 5.92 Å². The Morgan fingerprint density at radius 3 is 2.68 bits per heavy atom. The molecular weight excluding hydrogens is 518 g/mol. The highest BCUT2D eigenvalue weighted by Crippen LogP contribution is 2.22. The van der Waals surface area contributed by atoms with Gasteiger partial charge in [-0.3, -0.25) is 13.8 Å². The molecule has 1 saturated heterocycles. The molecule has 0 saturated carbocycles. The minimum Gasteiger partial charge on any atom is -0.490 e. The fourth-order valence-corrected chi connectivity index (χ4v) is 5.30. The molecule has 0 unspecified atom stereocenters. The first-order valence-electron chi connectivity index (χ1n) is 13.8. The third-order valence-corrected chi connectivity index (χ3v) is 7.63. The van der Waals surface area contributed by atoms with E-state index in [4.69, 9.17) is 9.47 Å². The van der Waals surface area contributed by atoms with Gasteiger partial charge in [-0.2, -0.15) is 5.26 Å². The second-order valence-electron chi connectivity index (χ2n) is 10.4. The fourth-order valence-electron chi connectivity index (χ4n) is 5.30. The lowest BCUT2D eigenvalue weighted by atomic mass is 9.98. The molecule has 0 spiro atoms. The van der Waals surface area contributed by atoms with Crippen LogP contribution in [0.5, 0.6) is 5.75 Å². The Bertz CT molecular complexity index is 1760. The van der Waals surface area contributed by atoms with Crippen molar-refractivity contribution < 1.29 is 9.47 Å². The summed E-state index contributed by atoms with van der Waals surface area (Å²) >= 11 is 0. The molecule has 4 heterocycles. The number of hydrogen-bond acceptors (Lipinski definition) is 8. The Kier molecular flexibility index (Phi) is 7.71. The van der Waals surface area contributed by atoms with E-state index in [1.807, 2.05) is 28.7 Å². The van der Waals surface area contributed by atoms with Gasteiger partial charge >= 0.3 is 0 Å². The molecule has 3 aromatic heterocycles. The van der Waals surface area contributed by atoms with E-state index in [2.05, 4.69) is 25.9 Å². The summed E-state index contributed by atoms with van der Waals surface area (Å²) in [5, 5.41) is 9.29. The smallest absolute Gasteiger partial charge is 0.255 e. The number of fused-ring (bicyclic) bond motifs is 3. The number of imidazole rings is 1. The molecule has 5 aromatic rings. The van der Waals surface area contributed by atoms with E-state index in [-0.39, 0.29) is 5.56 Å². The van der Waals surface area contributed by atoms with Crippen LogP contribution in [0.2, 0.25) is 0 Å². The summed E-state index contributed by atoms with van der Waals surface area (Å²) in [6, 6.07) is 16.8. The molecule has 2 aromatic carbocycles. The van der Waals surface area contributed by atoms with Crippen molar-refractivity contribution in [1.29, 1.82) is 5.26 Å². The first kappa shape index (κ1) is 26.6. The molecule has 0 bridgehead atoms. The second-order valence-corrected chi connectivity index (χ2v) is 10.4. The van der Waals surface area contributed by atoms with Crippen molar-refractivity contribution in [3.63, 3.8) is 0 Å². The van der Waals surface area contributed by atoms with Crippen LogP contribution >= 0.6 is 0 Å². The van der Waals surface area contributed by atoms with Gasteiger partial charge in [0.15, 0.2) is 11.6 Å². The Labute approximate surface area is 237 Å². The van der Waals surface area contributed by atoms with Crippen molar-refractivity contribution in [3.05, 3.63) is 88.6 Å². The van der Waals surface area contributed by atoms with Crippen LogP contribution < -0.4 is 10.3 Å². The zero-order valence-corrected chi connectivity index (χ0v) is 22.9. The van der Waals surface area contributed by atoms with Gasteiger partial charge in [0.05, 0.1) is 54.8 Å². The van der Waals surface area contributed by atoms with Gasteiger partial charge < -0.3 is 14.4 Å². The van der Waals surface area contributed by atoms with E-state index < -0.39 is 0 Å². The van der Waals surface area contributed by atoms with Crippen molar-refractivity contribution in [3.8, 4) is 23.2 Å². The van der Waals surface area contributed by atoms with Gasteiger partial charge in [0.25, 0.3) is 5.56 Å². The lowest BCUT2D eigenvalue weighted by Crippen LogP contribution is -2.37. The maximum absolute atomic E-state index is 12.9. The minimum atomic E-state index is -0.155. The minimum absolute atomic E-state index is 0.155. The van der Waals surface area contributed by atoms with E-state index in [0.717, 1.165) is 61.2 Å². The van der Waals surface area contributed by atoms with Crippen LogP contribution in [0, 0.1) is 17.2 Å². The van der Waals surface area contributed by atoms with Crippen LogP contribution in [-0.4, -0.2) is 68.8 Å². The zero-order chi connectivity index (χ0) is 28.2. The number of likely N-dealkylation sites (tertiary alicyclic amines) is 1. The predicted molar refractivity (Wildman–Crippen MR) is 155 cm³/mol. The summed E-state index contributed by atoms with van der Waals surface area (Å²) in [7, 11) is 1.74. The Morgan fingerprint density at radius 2 is 1.90 bits per heavy atom. The monoisotopic (exact) mass is 549 g/mol. The Hall–Kier alpha value is -4.59. The largest absolute Gasteiger partial charge is 0.490 e. The molecule has 1 fully saturated rings. The highest BCUT2D eigenvalue weighted by Gasteiger charge is 2.19. The molecule has 10 nitrogen and oxygen atoms in total. The van der Waals surface area contributed by atoms with Gasteiger partial charge in [-0.15, -0.1) is 0 Å². The third-order valence-electron chi connectivity index (χ3n) is 7.63. The molecule has 0 atom stereocenters. The number of methoxy groups -OCH3 is 1. The van der Waals surface area contributed by atoms with Gasteiger partial charge in [-0.05, 0) is 61.7 Å². The summed E-state index contributed by atoms with van der Waals surface area (Å²) in [4.78, 5) is 29.1. The van der Waals surface area contributed by atoms with E-state index in [0.29, 0.717) is 42.0 Å². The maximum atomic E-state index is 12.9. The summed E-state index contributed by atoms with van der Waals surface area (Å²) < 4.78 is 14.7. The van der Waals surface area contributed by atoms with Crippen LogP contribution in [0.3, 0.4) is 0 Å². The first-order valence-corrected chi connectivity index (χ1v) is 13.8. The van der Waals surface area contributed by atoms with E-state index in [1.54, 1.807) is 48.5 Å². The van der Waals surface area contributed by atoms with Gasteiger partial charge in [-0.1, -0.05) is 18.2 Å². The molecule has 0 aliphatic carbocycles. The molecule has 10 heteroatoms. The highest BCUT2D eigenvalue weighted by atomic mass is 16.5. The summed E-state index contributed by atoms with van der Waals surface area (Å²) in [6.07, 6.45) is 7.37. The number of rotatable bonds is 9. The van der Waals surface area contributed by atoms with E-state index in [1.165, 1.54) is 6.07 Å². The SMILES string of the molecule is COCCN1CCC(COc2cnc(-c3cccc(Cn4c(=O)ccn5c6cc(C#N)ccc6nc45)c3)nc2)CC1. The summed E-state index contributed by atoms with van der Waals surface area (Å²) in [5.74, 6) is 2.30. The molecule has 0 amide bonds. The Morgan fingerprint density at radius 1 is 1.07 bits per heavy atom. The van der Waals surface area contributed by atoms with Crippen LogP contribution in [0.25, 0.3) is 28.2 Å². The molecule has 0 radical (unpaired) electrons. The second kappa shape index (κ2) is 11.9. The summed E-state index contributed by atoms with van der Waals surface area (Å²) in [6.45, 7) is 4.90. The molecule has 1 aliphatic rings. The third kappa shape index (κ3) is 5.82. The van der Waals surface area contributed by atoms with Crippen molar-refractivity contribution >= 4 is 16.8 Å². The van der Waals surface area contributed by atoms with Gasteiger partial charge in [0.1, 0.15) is 0 Å². The van der Waals surface area contributed by atoms with Gasteiger partial charge in [0, 0.05) is 31.5 Å². The molecule has 41 heavy (non-hydrogen) atoms. The quantitative estimate of drug-likeness (QED) is 0.273. The number of aromatic nitrogens is 5. The zero-order valence-electron chi connectivity index (χ0n) is 22.9. The number of nitriles is 1. The van der Waals surface area contributed by atoms with E-state index >= 15 is 0 Å². The number of hydrogen-bond donors (Lipinski definition) is 0. The first-order chi connectivity index (χ1) is 20.1. The van der Waals surface area contributed by atoms with Crippen molar-refractivity contribution in [2.45, 2.75) is 19.4 Å². The lowest BCUT2D eigenvalue weighted by Gasteiger charge is -2.31. The molecule has 0 N–H and O–H groups in total. The molecule has 6 rings (SSSR count). The van der Waals surface area contributed by atoms with Crippen LogP contribution in [0.4, 0.5) is 0 Å². The van der Waals surface area contributed by atoms with Crippen molar-refractivity contribution in [1.82, 2.24) is 28.8 Å². The highest BCUT2D eigenvalue weighted by molar-refractivity contribution is 5.81. The molecule has 1 aliphatic heterocycles. The summed E-state index contributed by atoms with van der Waals surface area (Å²) in [5.41, 5.74) is 3.66.